The summed E-state index contributed by atoms with van der Waals surface area (Å²) < 4.78 is 0. The van der Waals surface area contributed by atoms with E-state index in [0.29, 0.717) is 24.0 Å². The number of benzene rings is 2. The number of carboxylic acids is 1. The van der Waals surface area contributed by atoms with Gasteiger partial charge >= 0.3 is 5.97 Å². The highest BCUT2D eigenvalue weighted by Crippen LogP contribution is 2.29. The van der Waals surface area contributed by atoms with E-state index in [1.807, 2.05) is 0 Å². The van der Waals surface area contributed by atoms with E-state index in [-0.39, 0.29) is 83.8 Å². The molecule has 16 N–H and O–H groups in total. The van der Waals surface area contributed by atoms with Crippen LogP contribution >= 0.6 is 21.6 Å². The van der Waals surface area contributed by atoms with Crippen LogP contribution in [0.1, 0.15) is 122 Å². The van der Waals surface area contributed by atoms with Crippen molar-refractivity contribution in [1.29, 1.82) is 0 Å². The van der Waals surface area contributed by atoms with Crippen LogP contribution in [0.2, 0.25) is 0 Å². The van der Waals surface area contributed by atoms with Gasteiger partial charge in [0, 0.05) is 50.4 Å². The van der Waals surface area contributed by atoms with Crippen LogP contribution in [0.5, 0.6) is 0 Å². The summed E-state index contributed by atoms with van der Waals surface area (Å²) in [7, 11) is 1.74. The van der Waals surface area contributed by atoms with Crippen molar-refractivity contribution in [2.75, 3.05) is 44.3 Å². The number of carbonyl (C=O) groups is 16. The average molecular weight is 1500 g/mol. The Labute approximate surface area is 615 Å². The smallest absolute Gasteiger partial charge is 0.303 e. The number of carbonyl (C=O) groups excluding carboxylic acids is 15. The number of hydrogen-bond donors (Lipinski definition) is 15. The maximum Gasteiger partial charge on any atom is 0.303 e. The standard InChI is InChI=1S/C69H97N15O19S2/c1-5-7-21-41-58(92)74-43(30-39-17-10-8-11-18-39)59(93)77-46(34-85)60(94)73-42(25-26-54(89)90)67(101)84-29-16-24-51(84)69(103)83-28-15-23-50(83)64(98)81-55(37(3)6-2)65(99)78-48-36-105-104-35-47(61(95)72-41)79-66(100)56(38(4)86)80-53(88)33-71-57(91)44(32-52(70)87)75-63(97)49-22-14-27-82(49)68(102)45(76-62(48)96)31-40-19-12-9-13-20-40/h8-13,17-20,37-38,41-51,55-56,85-86H,5-7,14-16,21-36H2,1-4H3,(H2,70,87)(H,71,91)(H,72,95)(H,73,94)(H,74,92)(H,75,97)(H,76,96)(H,77,93)(H,78,99)(H,79,100)(H,80,88)(H,81,98)(H,89,90)/t37-,38+,41?,42-,43-,44-,45-,46-,47-,48-,49-,50-,51-,55-,56-/m0/s1. The lowest BCUT2D eigenvalue weighted by atomic mass is 9.97. The number of rotatable bonds is 16. The fourth-order valence-corrected chi connectivity index (χ4v) is 15.4. The summed E-state index contributed by atoms with van der Waals surface area (Å²) in [5, 5.41) is 59.7. The molecule has 105 heavy (non-hydrogen) atoms. The summed E-state index contributed by atoms with van der Waals surface area (Å²) in [6.45, 7) is 4.24. The molecule has 36 heteroatoms. The summed E-state index contributed by atoms with van der Waals surface area (Å²) in [5.41, 5.74) is 6.55. The summed E-state index contributed by atoms with van der Waals surface area (Å²) >= 11 is 0. The number of primary amides is 1. The van der Waals surface area contributed by atoms with Crippen LogP contribution in [0.3, 0.4) is 0 Å². The van der Waals surface area contributed by atoms with Gasteiger partial charge in [-0.15, -0.1) is 0 Å². The molecule has 0 radical (unpaired) electrons. The van der Waals surface area contributed by atoms with E-state index in [2.05, 4.69) is 58.5 Å². The number of hydrogen-bond acceptors (Lipinski definition) is 20. The minimum Gasteiger partial charge on any atom is -0.481 e. The number of fused-ring (bicyclic) bond motifs is 8. The normalized spacial score (nSPS) is 28.2. The van der Waals surface area contributed by atoms with Crippen molar-refractivity contribution in [2.24, 2.45) is 11.7 Å². The molecular formula is C69H97N15O19S2. The molecule has 5 fully saturated rings. The van der Waals surface area contributed by atoms with Crippen molar-refractivity contribution in [1.82, 2.24) is 73.2 Å². The number of carboxylic acid groups (broad SMARTS) is 1. The van der Waals surface area contributed by atoms with Crippen molar-refractivity contribution in [3.63, 3.8) is 0 Å². The predicted molar refractivity (Wildman–Crippen MR) is 380 cm³/mol. The van der Waals surface area contributed by atoms with Gasteiger partial charge in [-0.3, -0.25) is 76.7 Å². The van der Waals surface area contributed by atoms with Crippen LogP contribution in [0.4, 0.5) is 0 Å². The van der Waals surface area contributed by atoms with Gasteiger partial charge in [-0.2, -0.15) is 0 Å². The van der Waals surface area contributed by atoms with Crippen LogP contribution < -0.4 is 64.2 Å². The van der Waals surface area contributed by atoms with Gasteiger partial charge < -0.3 is 94.2 Å². The first-order chi connectivity index (χ1) is 50.1. The number of aliphatic hydroxyl groups is 2. The van der Waals surface area contributed by atoms with Gasteiger partial charge in [0.15, 0.2) is 0 Å². The van der Waals surface area contributed by atoms with Gasteiger partial charge in [0.05, 0.1) is 25.7 Å². The van der Waals surface area contributed by atoms with Crippen molar-refractivity contribution < 1.29 is 92.0 Å². The van der Waals surface area contributed by atoms with Crippen molar-refractivity contribution in [3.8, 4) is 0 Å². The first-order valence-electron chi connectivity index (χ1n) is 35.5. The zero-order valence-electron chi connectivity index (χ0n) is 59.1. The molecule has 15 amide bonds. The number of unbranched alkanes of at least 4 members (excludes halogenated alkanes) is 1. The van der Waals surface area contributed by atoms with E-state index in [1.165, 1.54) is 14.7 Å². The predicted octanol–water partition coefficient (Wildman–Crippen LogP) is -3.83. The van der Waals surface area contributed by atoms with Crippen molar-refractivity contribution >= 4 is 116 Å². The van der Waals surface area contributed by atoms with Gasteiger partial charge in [0.2, 0.25) is 88.6 Å². The zero-order chi connectivity index (χ0) is 76.6. The Hall–Kier alpha value is -9.42. The van der Waals surface area contributed by atoms with Gasteiger partial charge in [-0.05, 0) is 75.3 Å². The Morgan fingerprint density at radius 3 is 1.50 bits per heavy atom. The number of nitrogens with one attached hydrogen (secondary N) is 11. The SMILES string of the molecule is CCCCC1NC(=O)[C@@H]2CSSC[C@H](NC(=O)[C@H]([C@@H](C)CC)NC(=O)[C@@H]3CCCN3C(=O)[C@@H]3CCCN3C(=O)[C@H](CCC(=O)O)NC(=O)[C@H](CO)NC(=O)[C@H](Cc3ccccc3)NC1=O)C(=O)N[C@@H](Cc1ccccc1)C(=O)N1CCC[C@H]1C(=O)N[C@@H](CC(N)=O)C(=O)NCC(=O)N[C@@H]([C@@H](C)O)C(=O)N2. The Balaban J connectivity index is 1.35. The van der Waals surface area contributed by atoms with Crippen molar-refractivity contribution in [3.05, 3.63) is 71.8 Å². The lowest BCUT2D eigenvalue weighted by Gasteiger charge is -2.34. The van der Waals surface area contributed by atoms with Crippen LogP contribution in [0.25, 0.3) is 0 Å². The molecule has 0 aliphatic carbocycles. The van der Waals surface area contributed by atoms with Crippen LogP contribution in [0, 0.1) is 5.92 Å². The molecule has 5 heterocycles. The third kappa shape index (κ3) is 23.5. The third-order valence-electron chi connectivity index (χ3n) is 19.0. The molecule has 2 aromatic rings. The highest BCUT2D eigenvalue weighted by molar-refractivity contribution is 8.76. The van der Waals surface area contributed by atoms with Gasteiger partial charge in [-0.25, -0.2) is 0 Å². The molecule has 15 atom stereocenters. The first kappa shape index (κ1) is 82.9. The largest absolute Gasteiger partial charge is 0.481 e. The minimum atomic E-state index is -1.89. The third-order valence-corrected chi connectivity index (χ3v) is 21.4. The number of aliphatic hydroxyl groups excluding tert-OH is 2. The lowest BCUT2D eigenvalue weighted by molar-refractivity contribution is -0.148. The summed E-state index contributed by atoms with van der Waals surface area (Å²) in [4.78, 5) is 233. The number of aliphatic carboxylic acids is 1. The number of nitrogens with zero attached hydrogens (tertiary/aromatic N) is 3. The topological polar surface area (TPSA) is 502 Å². The summed E-state index contributed by atoms with van der Waals surface area (Å²) in [6.07, 6.45) is -2.24. The molecule has 5 saturated heterocycles. The highest BCUT2D eigenvalue weighted by Gasteiger charge is 2.47. The molecule has 574 valence electrons. The number of nitrogens with two attached hydrogens (primary N) is 1. The van der Waals surface area contributed by atoms with E-state index >= 15 is 19.2 Å². The Bertz CT molecular complexity index is 3490. The molecule has 0 spiro atoms. The Morgan fingerprint density at radius 2 is 0.962 bits per heavy atom. The maximum atomic E-state index is 15.3. The monoisotopic (exact) mass is 1500 g/mol. The first-order valence-corrected chi connectivity index (χ1v) is 37.9. The van der Waals surface area contributed by atoms with E-state index in [1.54, 1.807) is 81.4 Å². The van der Waals surface area contributed by atoms with Gasteiger partial charge in [-0.1, -0.05) is 122 Å². The molecule has 2 aromatic carbocycles. The Morgan fingerprint density at radius 1 is 0.505 bits per heavy atom. The van der Waals surface area contributed by atoms with E-state index in [0.717, 1.165) is 28.5 Å². The summed E-state index contributed by atoms with van der Waals surface area (Å²) in [5.74, 6) is -17.4. The molecule has 5 aliphatic heterocycles. The maximum absolute atomic E-state index is 15.3. The Kier molecular flexibility index (Phi) is 31.7. The fourth-order valence-electron chi connectivity index (χ4n) is 13.0. The van der Waals surface area contributed by atoms with Gasteiger partial charge in [0.1, 0.15) is 78.5 Å². The average Bonchev–Trinajstić information content (AvgIpc) is 1.69. The second-order valence-electron chi connectivity index (χ2n) is 26.8. The number of amides is 15. The zero-order valence-corrected chi connectivity index (χ0v) is 60.7. The van der Waals surface area contributed by atoms with E-state index in [9.17, 15) is 72.9 Å². The van der Waals surface area contributed by atoms with Crippen LogP contribution in [-0.4, -0.2) is 254 Å². The molecule has 0 aromatic heterocycles. The molecule has 0 saturated carbocycles. The minimum absolute atomic E-state index is 0.0253. The van der Waals surface area contributed by atoms with E-state index < -0.39 is 229 Å². The molecule has 34 nitrogen and oxygen atoms in total. The molecule has 7 rings (SSSR count). The van der Waals surface area contributed by atoms with Crippen LogP contribution in [-0.2, 0) is 89.6 Å². The molecule has 1 unspecified atom stereocenters. The van der Waals surface area contributed by atoms with Crippen LogP contribution in [0.15, 0.2) is 60.7 Å². The fraction of sp³-hybridized carbons (Fsp3) is 0.594. The molecular weight excluding hydrogens is 1410 g/mol. The van der Waals surface area contributed by atoms with Crippen molar-refractivity contribution in [2.45, 2.75) is 209 Å². The van der Waals surface area contributed by atoms with Gasteiger partial charge in [0.25, 0.3) is 0 Å². The highest BCUT2D eigenvalue weighted by atomic mass is 33.1. The van der Waals surface area contributed by atoms with E-state index in [4.69, 9.17) is 5.73 Å². The molecule has 2 bridgehead atoms. The molecule has 5 aliphatic rings. The summed E-state index contributed by atoms with van der Waals surface area (Å²) in [6, 6.07) is -3.57. The lowest BCUT2D eigenvalue weighted by Crippen LogP contribution is -2.62. The second kappa shape index (κ2) is 40.2. The second-order valence-corrected chi connectivity index (χ2v) is 29.4. The quantitative estimate of drug-likeness (QED) is 0.0716.